The predicted molar refractivity (Wildman–Crippen MR) is 67.1 cm³/mol. The van der Waals surface area contributed by atoms with Crippen LogP contribution in [0.5, 0.6) is 0 Å². The second kappa shape index (κ2) is 7.09. The van der Waals surface area contributed by atoms with Crippen molar-refractivity contribution in [3.8, 4) is 0 Å². The molecule has 0 unspecified atom stereocenters. The molecule has 0 aliphatic carbocycles. The number of carbonyl (C=O) groups is 1. The van der Waals surface area contributed by atoms with Gasteiger partial charge in [0.05, 0.1) is 6.10 Å². The van der Waals surface area contributed by atoms with Crippen LogP contribution in [-0.4, -0.2) is 23.8 Å². The Morgan fingerprint density at radius 3 is 2.81 bits per heavy atom. The van der Waals surface area contributed by atoms with E-state index >= 15 is 0 Å². The maximum absolute atomic E-state index is 11.2. The van der Waals surface area contributed by atoms with Crippen LogP contribution in [0, 0.1) is 0 Å². The molecular formula is C12H15NO2S. The number of aliphatic hydroxyl groups is 1. The summed E-state index contributed by atoms with van der Waals surface area (Å²) < 4.78 is 0. The van der Waals surface area contributed by atoms with Crippen molar-refractivity contribution in [2.45, 2.75) is 6.10 Å². The highest BCUT2D eigenvalue weighted by atomic mass is 32.2. The van der Waals surface area contributed by atoms with Crippen molar-refractivity contribution in [1.29, 1.82) is 0 Å². The summed E-state index contributed by atoms with van der Waals surface area (Å²) in [6.07, 6.45) is 2.66. The third-order valence-corrected chi connectivity index (χ3v) is 2.42. The van der Waals surface area contributed by atoms with Gasteiger partial charge in [-0.05, 0) is 17.2 Å². The van der Waals surface area contributed by atoms with E-state index in [4.69, 9.17) is 0 Å². The van der Waals surface area contributed by atoms with Gasteiger partial charge < -0.3 is 10.4 Å². The van der Waals surface area contributed by atoms with E-state index in [1.54, 1.807) is 5.41 Å². The Labute approximate surface area is 99.6 Å². The van der Waals surface area contributed by atoms with Crippen LogP contribution >= 0.6 is 11.8 Å². The first-order valence-corrected chi connectivity index (χ1v) is 6.23. The standard InChI is InChI=1S/C12H15NO2S/c1-16-8-7-12(15)13-9-11(14)10-5-3-2-4-6-10/h2-8,11,14H,9H2,1H3,(H,13,15)/b8-7+/t11-/m0/s1. The molecule has 0 aliphatic rings. The lowest BCUT2D eigenvalue weighted by molar-refractivity contribution is -0.116. The molecule has 16 heavy (non-hydrogen) atoms. The largest absolute Gasteiger partial charge is 0.387 e. The summed E-state index contributed by atoms with van der Waals surface area (Å²) in [5.74, 6) is -0.190. The first-order chi connectivity index (χ1) is 7.74. The Hall–Kier alpha value is -1.26. The molecule has 0 aliphatic heterocycles. The maximum Gasteiger partial charge on any atom is 0.244 e. The first kappa shape index (κ1) is 12.8. The van der Waals surface area contributed by atoms with E-state index in [1.807, 2.05) is 36.6 Å². The molecule has 0 heterocycles. The highest BCUT2D eigenvalue weighted by Crippen LogP contribution is 2.10. The van der Waals surface area contributed by atoms with E-state index in [1.165, 1.54) is 17.8 Å². The molecule has 1 amide bonds. The van der Waals surface area contributed by atoms with Gasteiger partial charge in [0.2, 0.25) is 5.91 Å². The lowest BCUT2D eigenvalue weighted by Gasteiger charge is -2.10. The molecule has 0 fully saturated rings. The second-order valence-electron chi connectivity index (χ2n) is 3.21. The predicted octanol–water partition coefficient (Wildman–Crippen LogP) is 1.71. The highest BCUT2D eigenvalue weighted by molar-refractivity contribution is 8.01. The Morgan fingerprint density at radius 2 is 2.19 bits per heavy atom. The molecule has 1 atom stereocenters. The average molecular weight is 237 g/mol. The molecule has 0 radical (unpaired) electrons. The van der Waals surface area contributed by atoms with Crippen LogP contribution in [-0.2, 0) is 4.79 Å². The lowest BCUT2D eigenvalue weighted by atomic mass is 10.1. The van der Waals surface area contributed by atoms with E-state index in [2.05, 4.69) is 5.32 Å². The molecule has 1 aromatic rings. The van der Waals surface area contributed by atoms with Crippen molar-refractivity contribution in [1.82, 2.24) is 5.32 Å². The fourth-order valence-corrected chi connectivity index (χ4v) is 1.44. The zero-order chi connectivity index (χ0) is 11.8. The van der Waals surface area contributed by atoms with Crippen molar-refractivity contribution in [3.05, 3.63) is 47.4 Å². The molecule has 0 saturated heterocycles. The van der Waals surface area contributed by atoms with Gasteiger partial charge in [-0.15, -0.1) is 11.8 Å². The topological polar surface area (TPSA) is 49.3 Å². The van der Waals surface area contributed by atoms with Crippen LogP contribution in [0.3, 0.4) is 0 Å². The van der Waals surface area contributed by atoms with Gasteiger partial charge in [-0.3, -0.25) is 4.79 Å². The number of hydrogen-bond donors (Lipinski definition) is 2. The lowest BCUT2D eigenvalue weighted by Crippen LogP contribution is -2.26. The molecule has 4 heteroatoms. The summed E-state index contributed by atoms with van der Waals surface area (Å²) in [5.41, 5.74) is 0.802. The fourth-order valence-electron chi connectivity index (χ4n) is 1.18. The Morgan fingerprint density at radius 1 is 1.50 bits per heavy atom. The molecule has 0 spiro atoms. The summed E-state index contributed by atoms with van der Waals surface area (Å²) in [6, 6.07) is 9.25. The number of aliphatic hydroxyl groups excluding tert-OH is 1. The van der Waals surface area contributed by atoms with E-state index in [-0.39, 0.29) is 12.5 Å². The van der Waals surface area contributed by atoms with Gasteiger partial charge in [0, 0.05) is 12.6 Å². The van der Waals surface area contributed by atoms with Crippen LogP contribution in [0.4, 0.5) is 0 Å². The van der Waals surface area contributed by atoms with Crippen LogP contribution in [0.15, 0.2) is 41.8 Å². The number of benzene rings is 1. The molecule has 0 bridgehead atoms. The quantitative estimate of drug-likeness (QED) is 0.767. The van der Waals surface area contributed by atoms with Crippen molar-refractivity contribution >= 4 is 17.7 Å². The minimum absolute atomic E-state index is 0.190. The van der Waals surface area contributed by atoms with Gasteiger partial charge in [-0.1, -0.05) is 30.3 Å². The molecular weight excluding hydrogens is 222 g/mol. The van der Waals surface area contributed by atoms with E-state index < -0.39 is 6.10 Å². The van der Waals surface area contributed by atoms with Crippen molar-refractivity contribution in [2.75, 3.05) is 12.8 Å². The number of thioether (sulfide) groups is 1. The fraction of sp³-hybridized carbons (Fsp3) is 0.250. The molecule has 0 saturated carbocycles. The second-order valence-corrected chi connectivity index (χ2v) is 3.95. The smallest absolute Gasteiger partial charge is 0.244 e. The monoisotopic (exact) mass is 237 g/mol. The van der Waals surface area contributed by atoms with Gasteiger partial charge in [0.1, 0.15) is 0 Å². The average Bonchev–Trinajstić information content (AvgIpc) is 2.34. The van der Waals surface area contributed by atoms with E-state index in [9.17, 15) is 9.90 Å². The third kappa shape index (κ3) is 4.51. The summed E-state index contributed by atoms with van der Waals surface area (Å²) in [5, 5.41) is 14.1. The zero-order valence-corrected chi connectivity index (χ0v) is 9.91. The molecule has 3 nitrogen and oxygen atoms in total. The molecule has 1 aromatic carbocycles. The Balaban J connectivity index is 2.39. The Bertz CT molecular complexity index is 351. The van der Waals surface area contributed by atoms with Gasteiger partial charge >= 0.3 is 0 Å². The third-order valence-electron chi connectivity index (χ3n) is 2.01. The maximum atomic E-state index is 11.2. The number of amides is 1. The zero-order valence-electron chi connectivity index (χ0n) is 9.09. The van der Waals surface area contributed by atoms with Gasteiger partial charge in [-0.2, -0.15) is 0 Å². The number of carbonyl (C=O) groups excluding carboxylic acids is 1. The summed E-state index contributed by atoms with van der Waals surface area (Å²) in [6.45, 7) is 0.224. The SMILES string of the molecule is CS/C=C/C(=O)NC[C@H](O)c1ccccc1. The molecule has 2 N–H and O–H groups in total. The summed E-state index contributed by atoms with van der Waals surface area (Å²) >= 11 is 1.46. The van der Waals surface area contributed by atoms with Crippen molar-refractivity contribution < 1.29 is 9.90 Å². The van der Waals surface area contributed by atoms with Crippen molar-refractivity contribution in [2.24, 2.45) is 0 Å². The summed E-state index contributed by atoms with van der Waals surface area (Å²) in [4.78, 5) is 11.2. The number of rotatable bonds is 5. The van der Waals surface area contributed by atoms with Gasteiger partial charge in [0.15, 0.2) is 0 Å². The van der Waals surface area contributed by atoms with Crippen LogP contribution in [0.2, 0.25) is 0 Å². The van der Waals surface area contributed by atoms with Crippen molar-refractivity contribution in [3.63, 3.8) is 0 Å². The Kier molecular flexibility index (Phi) is 5.67. The van der Waals surface area contributed by atoms with Gasteiger partial charge in [-0.25, -0.2) is 0 Å². The number of hydrogen-bond acceptors (Lipinski definition) is 3. The molecule has 1 rings (SSSR count). The minimum atomic E-state index is -0.659. The molecule has 86 valence electrons. The van der Waals surface area contributed by atoms with Crippen LogP contribution < -0.4 is 5.32 Å². The van der Waals surface area contributed by atoms with Gasteiger partial charge in [0.25, 0.3) is 0 Å². The number of nitrogens with one attached hydrogen (secondary N) is 1. The first-order valence-electron chi connectivity index (χ1n) is 4.94. The van der Waals surface area contributed by atoms with E-state index in [0.29, 0.717) is 0 Å². The normalized spacial score (nSPS) is 12.6. The molecule has 0 aromatic heterocycles. The van der Waals surface area contributed by atoms with E-state index in [0.717, 1.165) is 5.56 Å². The van der Waals surface area contributed by atoms with Crippen LogP contribution in [0.1, 0.15) is 11.7 Å². The highest BCUT2D eigenvalue weighted by Gasteiger charge is 2.06. The summed E-state index contributed by atoms with van der Waals surface area (Å²) in [7, 11) is 0. The van der Waals surface area contributed by atoms with Crippen LogP contribution in [0.25, 0.3) is 0 Å². The minimum Gasteiger partial charge on any atom is -0.387 e.